The molecule has 0 fully saturated rings. The molecular weight excluding hydrogens is 288 g/mol. The molecule has 0 aliphatic carbocycles. The van der Waals surface area contributed by atoms with Crippen molar-refractivity contribution in [1.82, 2.24) is 0 Å². The number of nitroso groups, excluding NO2 is 1. The van der Waals surface area contributed by atoms with Crippen LogP contribution < -0.4 is 14.8 Å². The number of anilines is 1. The van der Waals surface area contributed by atoms with Crippen molar-refractivity contribution in [2.45, 2.75) is 0 Å². The van der Waals surface area contributed by atoms with E-state index in [1.807, 2.05) is 0 Å². The lowest BCUT2D eigenvalue weighted by Gasteiger charge is -2.10. The van der Waals surface area contributed by atoms with E-state index in [1.54, 1.807) is 6.07 Å². The van der Waals surface area contributed by atoms with Gasteiger partial charge in [0.05, 0.1) is 19.9 Å². The van der Waals surface area contributed by atoms with E-state index in [1.165, 1.54) is 44.6 Å². The molecule has 7 nitrogen and oxygen atoms in total. The molecule has 0 saturated carbocycles. The zero-order valence-corrected chi connectivity index (χ0v) is 12.0. The molecule has 114 valence electrons. The number of carbonyl (C=O) groups is 1. The summed E-state index contributed by atoms with van der Waals surface area (Å²) in [5.74, 6) is 0.0992. The lowest BCUT2D eigenvalue weighted by molar-refractivity contribution is 0.102. The highest BCUT2D eigenvalue weighted by Crippen LogP contribution is 2.31. The van der Waals surface area contributed by atoms with Crippen LogP contribution in [0, 0.1) is 4.91 Å². The van der Waals surface area contributed by atoms with Crippen molar-refractivity contribution in [2.75, 3.05) is 19.5 Å². The molecule has 0 saturated heterocycles. The Balaban J connectivity index is 2.27. The molecule has 2 N–H and O–H groups in total. The molecule has 1 amide bonds. The number of phenolic OH excluding ortho intramolecular Hbond substituents is 1. The molecule has 0 bridgehead atoms. The van der Waals surface area contributed by atoms with Crippen molar-refractivity contribution in [3.05, 3.63) is 46.9 Å². The highest BCUT2D eigenvalue weighted by atomic mass is 16.5. The standard InChI is InChI=1S/C15H14N2O5/c1-21-10-4-5-11(12(8-10)17-20)16-15(19)9-3-6-13(18)14(7-9)22-2/h3-8,18H,1-2H3,(H,16,19). The van der Waals surface area contributed by atoms with Gasteiger partial charge in [-0.2, -0.15) is 0 Å². The zero-order valence-electron chi connectivity index (χ0n) is 12.0. The van der Waals surface area contributed by atoms with Gasteiger partial charge in [0.1, 0.15) is 11.4 Å². The summed E-state index contributed by atoms with van der Waals surface area (Å²) in [6.07, 6.45) is 0. The first kappa shape index (κ1) is 15.3. The van der Waals surface area contributed by atoms with E-state index in [-0.39, 0.29) is 28.4 Å². The molecule has 0 heterocycles. The normalized spacial score (nSPS) is 9.91. The largest absolute Gasteiger partial charge is 0.504 e. The lowest BCUT2D eigenvalue weighted by atomic mass is 10.1. The van der Waals surface area contributed by atoms with Gasteiger partial charge in [0, 0.05) is 11.6 Å². The molecule has 2 rings (SSSR count). The Hall–Kier alpha value is -3.09. The minimum absolute atomic E-state index is 0.0541. The van der Waals surface area contributed by atoms with Crippen LogP contribution in [0.25, 0.3) is 0 Å². The van der Waals surface area contributed by atoms with Crippen molar-refractivity contribution in [3.63, 3.8) is 0 Å². The van der Waals surface area contributed by atoms with E-state index in [0.717, 1.165) is 0 Å². The third-order valence-electron chi connectivity index (χ3n) is 2.99. The highest BCUT2D eigenvalue weighted by Gasteiger charge is 2.13. The monoisotopic (exact) mass is 302 g/mol. The molecule has 0 atom stereocenters. The Morgan fingerprint density at radius 1 is 1.14 bits per heavy atom. The van der Waals surface area contributed by atoms with Gasteiger partial charge in [-0.05, 0) is 35.5 Å². The molecule has 7 heteroatoms. The van der Waals surface area contributed by atoms with Gasteiger partial charge >= 0.3 is 0 Å². The first-order chi connectivity index (χ1) is 10.6. The van der Waals surface area contributed by atoms with Gasteiger partial charge in [0.25, 0.3) is 5.91 Å². The molecule has 2 aromatic rings. The van der Waals surface area contributed by atoms with Gasteiger partial charge in [-0.25, -0.2) is 0 Å². The Bertz CT molecular complexity index is 715. The summed E-state index contributed by atoms with van der Waals surface area (Å²) >= 11 is 0. The average Bonchev–Trinajstić information content (AvgIpc) is 2.55. The van der Waals surface area contributed by atoms with E-state index < -0.39 is 5.91 Å². The summed E-state index contributed by atoms with van der Waals surface area (Å²) in [7, 11) is 2.85. The van der Waals surface area contributed by atoms with E-state index in [4.69, 9.17) is 9.47 Å². The number of hydrogen-bond acceptors (Lipinski definition) is 6. The van der Waals surface area contributed by atoms with Gasteiger partial charge in [-0.3, -0.25) is 4.79 Å². The average molecular weight is 302 g/mol. The van der Waals surface area contributed by atoms with Crippen LogP contribution in [0.4, 0.5) is 11.4 Å². The maximum Gasteiger partial charge on any atom is 0.255 e. The zero-order chi connectivity index (χ0) is 16.1. The van der Waals surface area contributed by atoms with Gasteiger partial charge in [-0.15, -0.1) is 4.91 Å². The van der Waals surface area contributed by atoms with Gasteiger partial charge in [0.2, 0.25) is 0 Å². The maximum atomic E-state index is 12.2. The molecule has 0 aromatic heterocycles. The number of amides is 1. The fraction of sp³-hybridized carbons (Fsp3) is 0.133. The van der Waals surface area contributed by atoms with Crippen LogP contribution in [0.2, 0.25) is 0 Å². The van der Waals surface area contributed by atoms with Crippen molar-refractivity contribution < 1.29 is 19.4 Å². The molecule has 0 aliphatic heterocycles. The fourth-order valence-corrected chi connectivity index (χ4v) is 1.83. The number of nitrogens with one attached hydrogen (secondary N) is 1. The number of aromatic hydroxyl groups is 1. The number of benzene rings is 2. The summed E-state index contributed by atoms with van der Waals surface area (Å²) < 4.78 is 9.93. The van der Waals surface area contributed by atoms with E-state index in [2.05, 4.69) is 10.5 Å². The quantitative estimate of drug-likeness (QED) is 0.827. The Kier molecular flexibility index (Phi) is 4.57. The van der Waals surface area contributed by atoms with Crippen LogP contribution in [0.3, 0.4) is 0 Å². The number of methoxy groups -OCH3 is 2. The number of nitrogens with zero attached hydrogens (tertiary/aromatic N) is 1. The number of hydrogen-bond donors (Lipinski definition) is 2. The number of rotatable bonds is 5. The van der Waals surface area contributed by atoms with Crippen LogP contribution in [0.5, 0.6) is 17.2 Å². The van der Waals surface area contributed by atoms with Crippen LogP contribution in [0.1, 0.15) is 10.4 Å². The highest BCUT2D eigenvalue weighted by molar-refractivity contribution is 6.06. The first-order valence-electron chi connectivity index (χ1n) is 6.28. The molecule has 0 unspecified atom stereocenters. The Morgan fingerprint density at radius 3 is 2.55 bits per heavy atom. The predicted molar refractivity (Wildman–Crippen MR) is 81.1 cm³/mol. The maximum absolute atomic E-state index is 12.2. The first-order valence-corrected chi connectivity index (χ1v) is 6.28. The number of ether oxygens (including phenoxy) is 2. The van der Waals surface area contributed by atoms with Crippen molar-refractivity contribution >= 4 is 17.3 Å². The third kappa shape index (κ3) is 3.14. The summed E-state index contributed by atoms with van der Waals surface area (Å²) in [6.45, 7) is 0. The minimum atomic E-state index is -0.464. The second-order valence-corrected chi connectivity index (χ2v) is 4.32. The SMILES string of the molecule is COc1ccc(NC(=O)c2ccc(O)c(OC)c2)c(N=O)c1. The molecular formula is C15H14N2O5. The Morgan fingerprint density at radius 2 is 1.91 bits per heavy atom. The number of phenols is 1. The van der Waals surface area contributed by atoms with E-state index in [9.17, 15) is 14.8 Å². The molecule has 22 heavy (non-hydrogen) atoms. The summed E-state index contributed by atoms with van der Waals surface area (Å²) in [5.41, 5.74) is 0.577. The summed E-state index contributed by atoms with van der Waals surface area (Å²) in [6, 6.07) is 8.71. The van der Waals surface area contributed by atoms with Crippen LogP contribution >= 0.6 is 0 Å². The lowest BCUT2D eigenvalue weighted by Crippen LogP contribution is -2.12. The second kappa shape index (κ2) is 6.57. The second-order valence-electron chi connectivity index (χ2n) is 4.32. The summed E-state index contributed by atoms with van der Waals surface area (Å²) in [4.78, 5) is 23.0. The topological polar surface area (TPSA) is 97.2 Å². The van der Waals surface area contributed by atoms with Crippen LogP contribution in [-0.2, 0) is 0 Å². The summed E-state index contributed by atoms with van der Waals surface area (Å²) in [5, 5.41) is 15.0. The van der Waals surface area contributed by atoms with Crippen LogP contribution in [0.15, 0.2) is 41.6 Å². The van der Waals surface area contributed by atoms with Crippen molar-refractivity contribution in [1.29, 1.82) is 0 Å². The van der Waals surface area contributed by atoms with Crippen molar-refractivity contribution in [3.8, 4) is 17.2 Å². The van der Waals surface area contributed by atoms with E-state index in [0.29, 0.717) is 5.75 Å². The van der Waals surface area contributed by atoms with Gasteiger partial charge in [-0.1, -0.05) is 0 Å². The van der Waals surface area contributed by atoms with Crippen molar-refractivity contribution in [2.24, 2.45) is 5.18 Å². The van der Waals surface area contributed by atoms with E-state index >= 15 is 0 Å². The third-order valence-corrected chi connectivity index (χ3v) is 2.99. The molecule has 0 aliphatic rings. The fourth-order valence-electron chi connectivity index (χ4n) is 1.83. The van der Waals surface area contributed by atoms with Gasteiger partial charge in [0.15, 0.2) is 11.5 Å². The predicted octanol–water partition coefficient (Wildman–Crippen LogP) is 3.06. The number of carbonyl (C=O) groups excluding carboxylic acids is 1. The minimum Gasteiger partial charge on any atom is -0.504 e. The Labute approximate surface area is 126 Å². The molecule has 0 spiro atoms. The molecule has 2 aromatic carbocycles. The van der Waals surface area contributed by atoms with Crippen LogP contribution in [-0.4, -0.2) is 25.2 Å². The van der Waals surface area contributed by atoms with Gasteiger partial charge < -0.3 is 19.9 Å². The smallest absolute Gasteiger partial charge is 0.255 e. The molecule has 0 radical (unpaired) electrons.